The Balaban J connectivity index is 2.55. The highest BCUT2D eigenvalue weighted by Crippen LogP contribution is 2.19. The fourth-order valence-electron chi connectivity index (χ4n) is 1.68. The van der Waals surface area contributed by atoms with Crippen molar-refractivity contribution in [2.75, 3.05) is 5.75 Å². The van der Waals surface area contributed by atoms with Crippen LogP contribution in [-0.2, 0) is 9.84 Å². The highest BCUT2D eigenvalue weighted by atomic mass is 32.2. The van der Waals surface area contributed by atoms with Gasteiger partial charge in [0.05, 0.1) is 10.6 Å². The topological polar surface area (TPSA) is 34.1 Å². The zero-order valence-corrected chi connectivity index (χ0v) is 9.87. The number of sulfone groups is 1. The van der Waals surface area contributed by atoms with Crippen molar-refractivity contribution in [2.24, 2.45) is 0 Å². The third-order valence-electron chi connectivity index (χ3n) is 2.47. The summed E-state index contributed by atoms with van der Waals surface area (Å²) in [4.78, 5) is 0.393. The second kappa shape index (κ2) is 4.26. The van der Waals surface area contributed by atoms with Crippen molar-refractivity contribution in [3.63, 3.8) is 0 Å². The number of benzene rings is 2. The molecular formula is C13H13O2S. The first-order valence-corrected chi connectivity index (χ1v) is 6.78. The van der Waals surface area contributed by atoms with Gasteiger partial charge in [0.25, 0.3) is 0 Å². The van der Waals surface area contributed by atoms with Crippen molar-refractivity contribution in [3.8, 4) is 0 Å². The minimum Gasteiger partial charge on any atom is -0.224 e. The van der Waals surface area contributed by atoms with Crippen molar-refractivity contribution < 1.29 is 8.42 Å². The Labute approximate surface area is 95.8 Å². The van der Waals surface area contributed by atoms with Gasteiger partial charge in [-0.25, -0.2) is 8.42 Å². The molecule has 2 nitrogen and oxygen atoms in total. The SMILES string of the molecule is C[CH]CS(=O)(=O)c1ccc2ccccc2c1. The molecule has 16 heavy (non-hydrogen) atoms. The molecule has 0 aliphatic heterocycles. The molecule has 0 aliphatic carbocycles. The molecule has 83 valence electrons. The van der Waals surface area contributed by atoms with Crippen molar-refractivity contribution in [1.82, 2.24) is 0 Å². The zero-order valence-electron chi connectivity index (χ0n) is 9.05. The Hall–Kier alpha value is -1.35. The smallest absolute Gasteiger partial charge is 0.178 e. The van der Waals surface area contributed by atoms with Crippen LogP contribution in [0.3, 0.4) is 0 Å². The summed E-state index contributed by atoms with van der Waals surface area (Å²) in [5, 5.41) is 2.02. The minimum absolute atomic E-state index is 0.0886. The largest absolute Gasteiger partial charge is 0.224 e. The summed E-state index contributed by atoms with van der Waals surface area (Å²) in [6, 6.07) is 13.0. The molecule has 0 aromatic heterocycles. The summed E-state index contributed by atoms with van der Waals surface area (Å²) in [6.45, 7) is 1.75. The quantitative estimate of drug-likeness (QED) is 0.817. The second-order valence-corrected chi connectivity index (χ2v) is 5.73. The second-order valence-electron chi connectivity index (χ2n) is 3.70. The van der Waals surface area contributed by atoms with Gasteiger partial charge in [-0.05, 0) is 29.3 Å². The fourth-order valence-corrected chi connectivity index (χ4v) is 2.89. The van der Waals surface area contributed by atoms with Crippen LogP contribution in [0.15, 0.2) is 47.4 Å². The monoisotopic (exact) mass is 233 g/mol. The van der Waals surface area contributed by atoms with Gasteiger partial charge in [-0.2, -0.15) is 0 Å². The number of fused-ring (bicyclic) bond motifs is 1. The molecular weight excluding hydrogens is 220 g/mol. The summed E-state index contributed by atoms with van der Waals surface area (Å²) in [5.74, 6) is 0.0886. The normalized spacial score (nSPS) is 11.8. The van der Waals surface area contributed by atoms with Crippen LogP contribution < -0.4 is 0 Å². The van der Waals surface area contributed by atoms with Crippen LogP contribution in [0, 0.1) is 6.42 Å². The lowest BCUT2D eigenvalue weighted by Crippen LogP contribution is -2.05. The van der Waals surface area contributed by atoms with Crippen LogP contribution in [0.2, 0.25) is 0 Å². The molecule has 0 fully saturated rings. The van der Waals surface area contributed by atoms with E-state index in [1.54, 1.807) is 25.5 Å². The van der Waals surface area contributed by atoms with E-state index in [4.69, 9.17) is 0 Å². The molecule has 0 saturated heterocycles. The molecule has 1 radical (unpaired) electrons. The first kappa shape index (κ1) is 11.1. The van der Waals surface area contributed by atoms with Crippen LogP contribution in [0.5, 0.6) is 0 Å². The van der Waals surface area contributed by atoms with E-state index < -0.39 is 9.84 Å². The molecule has 0 atom stereocenters. The van der Waals surface area contributed by atoms with Gasteiger partial charge in [0.15, 0.2) is 9.84 Å². The van der Waals surface area contributed by atoms with Crippen LogP contribution >= 0.6 is 0 Å². The van der Waals surface area contributed by atoms with Gasteiger partial charge < -0.3 is 0 Å². The lowest BCUT2D eigenvalue weighted by molar-refractivity contribution is 0.598. The third-order valence-corrected chi connectivity index (χ3v) is 4.21. The van der Waals surface area contributed by atoms with Crippen LogP contribution in [-0.4, -0.2) is 14.2 Å². The van der Waals surface area contributed by atoms with Crippen molar-refractivity contribution >= 4 is 20.6 Å². The molecule has 2 rings (SSSR count). The van der Waals surface area contributed by atoms with Gasteiger partial charge >= 0.3 is 0 Å². The van der Waals surface area contributed by atoms with Gasteiger partial charge in [0, 0.05) is 0 Å². The van der Waals surface area contributed by atoms with Gasteiger partial charge in [-0.15, -0.1) is 0 Å². The predicted octanol–water partition coefficient (Wildman–Crippen LogP) is 2.84. The first-order valence-electron chi connectivity index (χ1n) is 5.13. The van der Waals surface area contributed by atoms with E-state index in [2.05, 4.69) is 0 Å². The minimum atomic E-state index is -3.16. The Morgan fingerprint density at radius 3 is 2.44 bits per heavy atom. The maximum Gasteiger partial charge on any atom is 0.178 e. The fraction of sp³-hybridized carbons (Fsp3) is 0.154. The Bertz CT molecular complexity index is 600. The highest BCUT2D eigenvalue weighted by Gasteiger charge is 2.12. The van der Waals surface area contributed by atoms with Crippen LogP contribution in [0.1, 0.15) is 6.92 Å². The summed E-state index contributed by atoms with van der Waals surface area (Å²) in [7, 11) is -3.16. The van der Waals surface area contributed by atoms with E-state index in [9.17, 15) is 8.42 Å². The standard InChI is InChI=1S/C13H13O2S/c1-2-9-16(14,15)13-8-7-11-5-3-4-6-12(11)10-13/h2-8,10H,9H2,1H3. The molecule has 2 aromatic rings. The van der Waals surface area contributed by atoms with Crippen LogP contribution in [0.4, 0.5) is 0 Å². The molecule has 0 heterocycles. The molecule has 0 N–H and O–H groups in total. The lowest BCUT2D eigenvalue weighted by Gasteiger charge is -2.04. The molecule has 0 saturated carbocycles. The first-order chi connectivity index (χ1) is 7.63. The van der Waals surface area contributed by atoms with E-state index in [1.165, 1.54) is 0 Å². The lowest BCUT2D eigenvalue weighted by atomic mass is 10.1. The van der Waals surface area contributed by atoms with E-state index in [0.717, 1.165) is 10.8 Å². The van der Waals surface area contributed by atoms with Gasteiger partial charge in [0.1, 0.15) is 0 Å². The van der Waals surface area contributed by atoms with Gasteiger partial charge in [0.2, 0.25) is 0 Å². The average Bonchev–Trinajstić information content (AvgIpc) is 2.28. The van der Waals surface area contributed by atoms with Gasteiger partial charge in [-0.1, -0.05) is 37.3 Å². The van der Waals surface area contributed by atoms with E-state index >= 15 is 0 Å². The Kier molecular flexibility index (Phi) is 2.97. The molecule has 0 bridgehead atoms. The van der Waals surface area contributed by atoms with Gasteiger partial charge in [-0.3, -0.25) is 0 Å². The summed E-state index contributed by atoms with van der Waals surface area (Å²) >= 11 is 0. The van der Waals surface area contributed by atoms with Crippen LogP contribution in [0.25, 0.3) is 10.8 Å². The number of hydrogen-bond donors (Lipinski definition) is 0. The van der Waals surface area contributed by atoms with Crippen molar-refractivity contribution in [3.05, 3.63) is 48.9 Å². The summed E-state index contributed by atoms with van der Waals surface area (Å²) in [5.41, 5.74) is 0. The molecule has 0 spiro atoms. The molecule has 2 aromatic carbocycles. The van der Waals surface area contributed by atoms with E-state index in [0.29, 0.717) is 4.90 Å². The Morgan fingerprint density at radius 1 is 1.06 bits per heavy atom. The zero-order chi connectivity index (χ0) is 11.6. The molecule has 0 unspecified atom stereocenters. The van der Waals surface area contributed by atoms with E-state index in [-0.39, 0.29) is 5.75 Å². The van der Waals surface area contributed by atoms with Crippen molar-refractivity contribution in [1.29, 1.82) is 0 Å². The Morgan fingerprint density at radius 2 is 1.75 bits per heavy atom. The molecule has 3 heteroatoms. The predicted molar refractivity (Wildman–Crippen MR) is 66.0 cm³/mol. The number of rotatable bonds is 3. The van der Waals surface area contributed by atoms with E-state index in [1.807, 2.05) is 30.3 Å². The maximum atomic E-state index is 11.8. The number of hydrogen-bond acceptors (Lipinski definition) is 2. The average molecular weight is 233 g/mol. The molecule has 0 amide bonds. The molecule has 0 aliphatic rings. The summed E-state index contributed by atoms with van der Waals surface area (Å²) in [6.07, 6.45) is 1.66. The highest BCUT2D eigenvalue weighted by molar-refractivity contribution is 7.91. The maximum absolute atomic E-state index is 11.8. The summed E-state index contributed by atoms with van der Waals surface area (Å²) < 4.78 is 23.7. The van der Waals surface area contributed by atoms with Crippen molar-refractivity contribution in [2.45, 2.75) is 11.8 Å². The third kappa shape index (κ3) is 2.09.